The molecule has 2 aromatic heterocycles. The lowest BCUT2D eigenvalue weighted by Crippen LogP contribution is -2.37. The summed E-state index contributed by atoms with van der Waals surface area (Å²) >= 11 is 1.41. The fourth-order valence-corrected chi connectivity index (χ4v) is 5.80. The highest BCUT2D eigenvalue weighted by Crippen LogP contribution is 2.31. The van der Waals surface area contributed by atoms with Crippen molar-refractivity contribution in [2.45, 2.75) is 64.6 Å². The first-order valence-corrected chi connectivity index (χ1v) is 14.9. The van der Waals surface area contributed by atoms with Gasteiger partial charge >= 0.3 is 12.1 Å². The molecule has 13 heteroatoms. The van der Waals surface area contributed by atoms with Crippen molar-refractivity contribution in [1.29, 1.82) is 0 Å². The highest BCUT2D eigenvalue weighted by molar-refractivity contribution is 7.22. The van der Waals surface area contributed by atoms with E-state index in [0.29, 0.717) is 36.2 Å². The van der Waals surface area contributed by atoms with Crippen LogP contribution in [0.2, 0.25) is 0 Å². The molecule has 0 unspecified atom stereocenters. The number of pyridine rings is 1. The molecule has 2 amide bonds. The molecule has 2 N–H and O–H groups in total. The van der Waals surface area contributed by atoms with Crippen molar-refractivity contribution in [3.63, 3.8) is 0 Å². The lowest BCUT2D eigenvalue weighted by atomic mass is 9.82. The number of hydrogen-bond acceptors (Lipinski definition) is 10. The van der Waals surface area contributed by atoms with E-state index in [1.54, 1.807) is 57.4 Å². The number of benzene rings is 1. The summed E-state index contributed by atoms with van der Waals surface area (Å²) in [5.74, 6) is -1.50. The van der Waals surface area contributed by atoms with Crippen LogP contribution in [0.4, 0.5) is 9.80 Å². The van der Waals surface area contributed by atoms with Crippen molar-refractivity contribution < 1.29 is 33.8 Å². The Morgan fingerprint density at radius 1 is 1.12 bits per heavy atom. The van der Waals surface area contributed by atoms with Gasteiger partial charge in [-0.3, -0.25) is 14.6 Å². The third kappa shape index (κ3) is 9.63. The van der Waals surface area contributed by atoms with E-state index in [9.17, 15) is 24.5 Å². The number of esters is 1. The molecule has 230 valence electrons. The van der Waals surface area contributed by atoms with Crippen LogP contribution in [0.15, 0.2) is 48.8 Å². The molecule has 1 aromatic carbocycles. The number of nitrogens with zero attached hydrogens (tertiary/aromatic N) is 2. The van der Waals surface area contributed by atoms with Crippen LogP contribution in [0.5, 0.6) is 0 Å². The molecule has 3 aromatic rings. The number of rotatable bonds is 11. The molecule has 2 heterocycles. The molecule has 0 saturated heterocycles. The van der Waals surface area contributed by atoms with Gasteiger partial charge in [0.15, 0.2) is 0 Å². The molecule has 43 heavy (non-hydrogen) atoms. The zero-order chi connectivity index (χ0) is 31.0. The second kappa shape index (κ2) is 14.3. The molecule has 1 aliphatic rings. The number of carbonyl (C=O) groups is 3. The van der Waals surface area contributed by atoms with Crippen LogP contribution in [-0.4, -0.2) is 46.8 Å². The van der Waals surface area contributed by atoms with Gasteiger partial charge in [0.1, 0.15) is 12.2 Å². The first-order valence-electron chi connectivity index (χ1n) is 14.1. The molecule has 12 nitrogen and oxygen atoms in total. The number of hydrogen-bond donors (Lipinski definition) is 2. The highest BCUT2D eigenvalue weighted by atomic mass is 32.1. The number of anilines is 1. The Balaban J connectivity index is 1.36. The Bertz CT molecular complexity index is 1390. The molecule has 4 rings (SSSR count). The fourth-order valence-electron chi connectivity index (χ4n) is 4.87. The summed E-state index contributed by atoms with van der Waals surface area (Å²) in [6.45, 7) is 5.42. The van der Waals surface area contributed by atoms with Crippen LogP contribution < -0.4 is 10.6 Å². The van der Waals surface area contributed by atoms with Gasteiger partial charge in [-0.05, 0) is 81.0 Å². The maximum absolute atomic E-state index is 13.4. The monoisotopic (exact) mass is 612 g/mol. The third-order valence-corrected chi connectivity index (χ3v) is 8.10. The number of amides is 2. The lowest BCUT2D eigenvalue weighted by molar-refractivity contribution is -0.759. The first kappa shape index (κ1) is 31.7. The zero-order valence-corrected chi connectivity index (χ0v) is 25.2. The number of ether oxygens (including phenoxy) is 2. The predicted molar refractivity (Wildman–Crippen MR) is 160 cm³/mol. The van der Waals surface area contributed by atoms with Gasteiger partial charge in [-0.25, -0.2) is 4.79 Å². The Morgan fingerprint density at radius 3 is 2.49 bits per heavy atom. The van der Waals surface area contributed by atoms with Crippen LogP contribution in [0, 0.1) is 22.0 Å². The summed E-state index contributed by atoms with van der Waals surface area (Å²) in [5, 5.41) is 16.9. The molecule has 1 saturated carbocycles. The number of aromatic nitrogens is 1. The van der Waals surface area contributed by atoms with Crippen LogP contribution in [0.3, 0.4) is 0 Å². The van der Waals surface area contributed by atoms with Crippen molar-refractivity contribution in [3.8, 4) is 0 Å². The Kier molecular flexibility index (Phi) is 10.5. The van der Waals surface area contributed by atoms with Gasteiger partial charge in [0.25, 0.3) is 5.09 Å². The smallest absolute Gasteiger partial charge is 0.407 e. The first-order chi connectivity index (χ1) is 20.5. The second-order valence-electron chi connectivity index (χ2n) is 11.5. The van der Waals surface area contributed by atoms with Crippen molar-refractivity contribution in [2.75, 3.05) is 18.5 Å². The van der Waals surface area contributed by atoms with Gasteiger partial charge in [0.05, 0.1) is 28.1 Å². The Hall–Kier alpha value is -4.26. The standard InChI is InChI=1S/C30H36N4O8S/c1-30(2,3)42-29(37)32-15-24(27(35)33-26-14-23-12-13-31-16-25(23)43-26)21-8-4-19(5-9-21)17-40-28(36)22-10-6-20(7-11-22)18-41-34(38)39/h4-5,8-9,12-14,16,20,22,24H,6-7,10-11,15,17-18H2,1-3H3,(H,32,37)(H,33,35)/t20?,22?,24-/m1/s1. The van der Waals surface area contributed by atoms with Gasteiger partial charge in [0, 0.05) is 18.9 Å². The van der Waals surface area contributed by atoms with E-state index in [1.807, 2.05) is 12.1 Å². The molecular weight excluding hydrogens is 576 g/mol. The normalized spacial score (nSPS) is 17.5. The molecule has 0 radical (unpaired) electrons. The average Bonchev–Trinajstić information content (AvgIpc) is 3.37. The molecule has 1 aliphatic carbocycles. The maximum atomic E-state index is 13.4. The molecule has 1 atom stereocenters. The largest absolute Gasteiger partial charge is 0.461 e. The van der Waals surface area contributed by atoms with E-state index in [-0.39, 0.29) is 43.5 Å². The molecule has 0 bridgehead atoms. The van der Waals surface area contributed by atoms with E-state index < -0.39 is 22.7 Å². The number of carbonyl (C=O) groups excluding carboxylic acids is 3. The van der Waals surface area contributed by atoms with Crippen LogP contribution in [-0.2, 0) is 30.5 Å². The van der Waals surface area contributed by atoms with Gasteiger partial charge in [-0.2, -0.15) is 0 Å². The molecule has 1 fully saturated rings. The van der Waals surface area contributed by atoms with Gasteiger partial charge in [-0.1, -0.05) is 24.3 Å². The van der Waals surface area contributed by atoms with E-state index in [4.69, 9.17) is 9.47 Å². The van der Waals surface area contributed by atoms with E-state index in [0.717, 1.165) is 15.6 Å². The number of fused-ring (bicyclic) bond motifs is 1. The quantitative estimate of drug-likeness (QED) is 0.160. The van der Waals surface area contributed by atoms with Gasteiger partial charge in [-0.15, -0.1) is 21.5 Å². The summed E-state index contributed by atoms with van der Waals surface area (Å²) in [7, 11) is 0. The highest BCUT2D eigenvalue weighted by Gasteiger charge is 2.28. The van der Waals surface area contributed by atoms with Crippen molar-refractivity contribution in [1.82, 2.24) is 10.3 Å². The third-order valence-electron chi connectivity index (χ3n) is 7.09. The predicted octanol–water partition coefficient (Wildman–Crippen LogP) is 5.60. The van der Waals surface area contributed by atoms with Crippen molar-refractivity contribution >= 4 is 44.4 Å². The van der Waals surface area contributed by atoms with Crippen LogP contribution in [0.1, 0.15) is 63.5 Å². The number of alkyl carbamates (subject to hydrolysis) is 1. The summed E-state index contributed by atoms with van der Waals surface area (Å²) in [5.41, 5.74) is 0.736. The minimum absolute atomic E-state index is 0.0108. The van der Waals surface area contributed by atoms with Crippen LogP contribution >= 0.6 is 11.3 Å². The summed E-state index contributed by atoms with van der Waals surface area (Å²) in [6.07, 6.45) is 5.34. The number of nitrogens with one attached hydrogen (secondary N) is 2. The summed E-state index contributed by atoms with van der Waals surface area (Å²) < 4.78 is 11.8. The molecular formula is C30H36N4O8S. The van der Waals surface area contributed by atoms with E-state index >= 15 is 0 Å². The van der Waals surface area contributed by atoms with Crippen molar-refractivity contribution in [3.05, 3.63) is 70.0 Å². The molecule has 0 aliphatic heterocycles. The van der Waals surface area contributed by atoms with Gasteiger partial charge in [0.2, 0.25) is 5.91 Å². The summed E-state index contributed by atoms with van der Waals surface area (Å²) in [4.78, 5) is 57.4. The fraction of sp³-hybridized carbons (Fsp3) is 0.467. The van der Waals surface area contributed by atoms with E-state index in [1.165, 1.54) is 11.3 Å². The second-order valence-corrected chi connectivity index (χ2v) is 12.6. The zero-order valence-electron chi connectivity index (χ0n) is 24.4. The van der Waals surface area contributed by atoms with Crippen LogP contribution in [0.25, 0.3) is 10.1 Å². The Morgan fingerprint density at radius 2 is 1.84 bits per heavy atom. The average molecular weight is 613 g/mol. The molecule has 0 spiro atoms. The van der Waals surface area contributed by atoms with Gasteiger partial charge < -0.3 is 24.9 Å². The maximum Gasteiger partial charge on any atom is 0.407 e. The Labute approximate surface area is 253 Å². The number of thiophene rings is 1. The van der Waals surface area contributed by atoms with E-state index in [2.05, 4.69) is 20.5 Å². The van der Waals surface area contributed by atoms with Crippen molar-refractivity contribution in [2.24, 2.45) is 11.8 Å². The lowest BCUT2D eigenvalue weighted by Gasteiger charge is -2.26. The SMILES string of the molecule is CC(C)(C)OC(=O)NC[C@@H](C(=O)Nc1cc2ccncc2s1)c1ccc(COC(=O)C2CCC(CO[N+](=O)[O-])CC2)cc1. The minimum atomic E-state index is -0.791. The topological polar surface area (TPSA) is 159 Å². The minimum Gasteiger partial charge on any atom is -0.461 e. The summed E-state index contributed by atoms with van der Waals surface area (Å²) in [6, 6.07) is 10.9.